The molecular formula is C16H28N4O. The molecule has 0 amide bonds. The van der Waals surface area contributed by atoms with Gasteiger partial charge in [-0.2, -0.15) is 5.10 Å². The van der Waals surface area contributed by atoms with Crippen molar-refractivity contribution in [2.45, 2.75) is 58.2 Å². The number of likely N-dealkylation sites (tertiary alicyclic amines) is 1. The molecule has 0 saturated carbocycles. The molecule has 2 heterocycles. The van der Waals surface area contributed by atoms with Crippen molar-refractivity contribution >= 4 is 0 Å². The van der Waals surface area contributed by atoms with Crippen molar-refractivity contribution in [3.63, 3.8) is 0 Å². The molecule has 1 N–H and O–H groups in total. The molecule has 5 heteroatoms. The van der Waals surface area contributed by atoms with Crippen molar-refractivity contribution in [1.82, 2.24) is 20.4 Å². The molecule has 1 unspecified atom stereocenters. The van der Waals surface area contributed by atoms with Crippen molar-refractivity contribution in [2.24, 2.45) is 0 Å². The maximum Gasteiger partial charge on any atom is 0.233 e. The molecule has 5 nitrogen and oxygen atoms in total. The fourth-order valence-electron chi connectivity index (χ4n) is 2.52. The van der Waals surface area contributed by atoms with Gasteiger partial charge in [0, 0.05) is 24.2 Å². The minimum Gasteiger partial charge on any atom is -0.477 e. The van der Waals surface area contributed by atoms with Gasteiger partial charge in [0.25, 0.3) is 0 Å². The van der Waals surface area contributed by atoms with E-state index in [1.54, 1.807) is 0 Å². The van der Waals surface area contributed by atoms with Crippen molar-refractivity contribution in [3.8, 4) is 5.88 Å². The first-order valence-corrected chi connectivity index (χ1v) is 7.85. The number of hydrogen-bond acceptors (Lipinski definition) is 5. The molecule has 1 aromatic heterocycles. The number of hydrogen-bond donors (Lipinski definition) is 1. The Bertz CT molecular complexity index is 427. The zero-order chi connectivity index (χ0) is 15.3. The fraction of sp³-hybridized carbons (Fsp3) is 0.750. The van der Waals surface area contributed by atoms with Gasteiger partial charge in [0.2, 0.25) is 5.88 Å². The Morgan fingerprint density at radius 3 is 2.71 bits per heavy atom. The van der Waals surface area contributed by atoms with Crippen LogP contribution in [0.1, 0.15) is 45.7 Å². The second-order valence-electron chi connectivity index (χ2n) is 6.88. The quantitative estimate of drug-likeness (QED) is 0.871. The van der Waals surface area contributed by atoms with E-state index in [2.05, 4.69) is 48.2 Å². The largest absolute Gasteiger partial charge is 0.477 e. The summed E-state index contributed by atoms with van der Waals surface area (Å²) in [5.74, 6) is 0.621. The molecule has 1 aromatic rings. The minimum absolute atomic E-state index is 0.0875. The lowest BCUT2D eigenvalue weighted by Gasteiger charge is -2.20. The highest BCUT2D eigenvalue weighted by molar-refractivity contribution is 5.11. The maximum atomic E-state index is 5.70. The van der Waals surface area contributed by atoms with Gasteiger partial charge in [0.15, 0.2) is 0 Å². The zero-order valence-corrected chi connectivity index (χ0v) is 13.7. The van der Waals surface area contributed by atoms with Gasteiger partial charge in [-0.3, -0.25) is 0 Å². The summed E-state index contributed by atoms with van der Waals surface area (Å²) in [5, 5.41) is 11.7. The number of ether oxygens (including phenoxy) is 1. The van der Waals surface area contributed by atoms with Gasteiger partial charge in [0.05, 0.1) is 12.3 Å². The van der Waals surface area contributed by atoms with Crippen LogP contribution in [0.5, 0.6) is 5.88 Å². The van der Waals surface area contributed by atoms with E-state index in [-0.39, 0.29) is 5.54 Å². The monoisotopic (exact) mass is 292 g/mol. The van der Waals surface area contributed by atoms with E-state index in [0.29, 0.717) is 18.5 Å². The van der Waals surface area contributed by atoms with Gasteiger partial charge in [0.1, 0.15) is 0 Å². The third-order valence-corrected chi connectivity index (χ3v) is 3.87. The maximum absolute atomic E-state index is 5.70. The lowest BCUT2D eigenvalue weighted by Crippen LogP contribution is -2.35. The van der Waals surface area contributed by atoms with Crippen LogP contribution in [0.2, 0.25) is 0 Å². The van der Waals surface area contributed by atoms with E-state index < -0.39 is 0 Å². The molecule has 21 heavy (non-hydrogen) atoms. The van der Waals surface area contributed by atoms with Crippen LogP contribution in [-0.2, 0) is 6.54 Å². The van der Waals surface area contributed by atoms with Gasteiger partial charge in [-0.05, 0) is 59.7 Å². The Hall–Kier alpha value is -1.20. The van der Waals surface area contributed by atoms with E-state index in [0.717, 1.165) is 18.7 Å². The number of nitrogens with one attached hydrogen (secondary N) is 1. The smallest absolute Gasteiger partial charge is 0.233 e. The van der Waals surface area contributed by atoms with Crippen LogP contribution in [0.4, 0.5) is 0 Å². The second-order valence-corrected chi connectivity index (χ2v) is 6.88. The van der Waals surface area contributed by atoms with Gasteiger partial charge in [-0.25, -0.2) is 0 Å². The van der Waals surface area contributed by atoms with Crippen LogP contribution in [-0.4, -0.2) is 46.9 Å². The number of nitrogens with zero attached hydrogens (tertiary/aromatic N) is 3. The SMILES string of the molecule is CN1CCCC1CCOc1ccc(CNC(C)(C)C)nn1. The molecule has 0 radical (unpaired) electrons. The first-order chi connectivity index (χ1) is 9.94. The van der Waals surface area contributed by atoms with Crippen molar-refractivity contribution < 1.29 is 4.74 Å². The molecule has 2 rings (SSSR count). The van der Waals surface area contributed by atoms with Gasteiger partial charge >= 0.3 is 0 Å². The summed E-state index contributed by atoms with van der Waals surface area (Å²) in [4.78, 5) is 2.41. The van der Waals surface area contributed by atoms with Crippen molar-refractivity contribution in [1.29, 1.82) is 0 Å². The predicted molar refractivity (Wildman–Crippen MR) is 84.4 cm³/mol. The van der Waals surface area contributed by atoms with Crippen LogP contribution >= 0.6 is 0 Å². The van der Waals surface area contributed by atoms with Crippen molar-refractivity contribution in [2.75, 3.05) is 20.2 Å². The first kappa shape index (κ1) is 16.2. The lowest BCUT2D eigenvalue weighted by molar-refractivity contribution is 0.227. The highest BCUT2D eigenvalue weighted by atomic mass is 16.5. The number of aromatic nitrogens is 2. The van der Waals surface area contributed by atoms with Gasteiger partial charge in [-0.15, -0.1) is 5.10 Å². The summed E-state index contributed by atoms with van der Waals surface area (Å²) >= 11 is 0. The fourth-order valence-corrected chi connectivity index (χ4v) is 2.52. The minimum atomic E-state index is 0.0875. The summed E-state index contributed by atoms with van der Waals surface area (Å²) in [6, 6.07) is 4.54. The molecule has 1 fully saturated rings. The predicted octanol–water partition coefficient (Wildman–Crippen LogP) is 2.23. The Balaban J connectivity index is 1.72. The average Bonchev–Trinajstić information content (AvgIpc) is 2.83. The second kappa shape index (κ2) is 7.18. The summed E-state index contributed by atoms with van der Waals surface area (Å²) in [6.07, 6.45) is 3.64. The molecular weight excluding hydrogens is 264 g/mol. The lowest BCUT2D eigenvalue weighted by atomic mass is 10.1. The molecule has 0 bridgehead atoms. The Labute approximate surface area is 128 Å². The average molecular weight is 292 g/mol. The molecule has 0 spiro atoms. The van der Waals surface area contributed by atoms with Crippen LogP contribution < -0.4 is 10.1 Å². The zero-order valence-electron chi connectivity index (χ0n) is 13.7. The van der Waals surface area contributed by atoms with Crippen LogP contribution in [0.25, 0.3) is 0 Å². The standard InChI is InChI=1S/C16H28N4O/c1-16(2,3)17-12-13-7-8-15(19-18-13)21-11-9-14-6-5-10-20(14)4/h7-8,14,17H,5-6,9-12H2,1-4H3. The Kier molecular flexibility index (Phi) is 5.53. The van der Waals surface area contributed by atoms with Gasteiger partial charge < -0.3 is 15.0 Å². The highest BCUT2D eigenvalue weighted by Gasteiger charge is 2.20. The third-order valence-electron chi connectivity index (χ3n) is 3.87. The summed E-state index contributed by atoms with van der Waals surface area (Å²) in [7, 11) is 2.19. The van der Waals surface area contributed by atoms with Crippen LogP contribution in [0, 0.1) is 0 Å². The molecule has 118 valence electrons. The Morgan fingerprint density at radius 1 is 1.33 bits per heavy atom. The van der Waals surface area contributed by atoms with E-state index in [1.807, 2.05) is 12.1 Å². The van der Waals surface area contributed by atoms with E-state index in [4.69, 9.17) is 4.74 Å². The molecule has 0 aliphatic carbocycles. The van der Waals surface area contributed by atoms with Crippen molar-refractivity contribution in [3.05, 3.63) is 17.8 Å². The topological polar surface area (TPSA) is 50.3 Å². The summed E-state index contributed by atoms with van der Waals surface area (Å²) in [5.41, 5.74) is 1.03. The molecule has 1 aliphatic rings. The third kappa shape index (κ3) is 5.59. The first-order valence-electron chi connectivity index (χ1n) is 7.85. The summed E-state index contributed by atoms with van der Waals surface area (Å²) in [6.45, 7) is 9.06. The van der Waals surface area contributed by atoms with E-state index in [9.17, 15) is 0 Å². The van der Waals surface area contributed by atoms with Gasteiger partial charge in [-0.1, -0.05) is 0 Å². The molecule has 1 aliphatic heterocycles. The van der Waals surface area contributed by atoms with Crippen LogP contribution in [0.3, 0.4) is 0 Å². The highest BCUT2D eigenvalue weighted by Crippen LogP contribution is 2.18. The van der Waals surface area contributed by atoms with Crippen LogP contribution in [0.15, 0.2) is 12.1 Å². The molecule has 0 aromatic carbocycles. The molecule has 1 atom stereocenters. The van der Waals surface area contributed by atoms with E-state index >= 15 is 0 Å². The molecule has 1 saturated heterocycles. The summed E-state index contributed by atoms with van der Waals surface area (Å²) < 4.78 is 5.70. The normalized spacial score (nSPS) is 19.9. The van der Waals surface area contributed by atoms with E-state index in [1.165, 1.54) is 19.4 Å². The Morgan fingerprint density at radius 2 is 2.14 bits per heavy atom. The number of rotatable bonds is 6.